The maximum atomic E-state index is 13.7. The molecule has 1 unspecified atom stereocenters. The number of nitrogens with two attached hydrogens (primary N) is 1. The van der Waals surface area contributed by atoms with Gasteiger partial charge in [-0.15, -0.1) is 0 Å². The first-order valence-corrected chi connectivity index (χ1v) is 17.8. The molecule has 0 bridgehead atoms. The number of hydrogen-bond donors (Lipinski definition) is 3. The molecule has 4 fully saturated rings. The molecule has 1 aromatic carbocycles. The molecule has 4 aliphatic rings. The number of aromatic amines is 1. The largest absolute Gasteiger partial charge is 0.461 e. The fourth-order valence-corrected chi connectivity index (χ4v) is 10.8. The van der Waals surface area contributed by atoms with Crippen LogP contribution in [0, 0.1) is 46.3 Å². The van der Waals surface area contributed by atoms with Crippen LogP contribution in [0.4, 0.5) is 0 Å². The third-order valence-electron chi connectivity index (χ3n) is 13.6. The number of Topliss-reactive ketones (excluding diaryl/α,β-unsaturated/α-hetero) is 1. The van der Waals surface area contributed by atoms with Gasteiger partial charge in [-0.3, -0.25) is 9.59 Å². The van der Waals surface area contributed by atoms with E-state index >= 15 is 0 Å². The van der Waals surface area contributed by atoms with Crippen molar-refractivity contribution >= 4 is 28.6 Å². The monoisotopic (exact) mass is 617 g/mol. The standard InChI is InChI=1S/C38H55N3O4/c1-6-22(2)34(41-35(43)32(39)19-24-21-40-33-10-8-7-9-27(24)33)36(44)45-26-15-17-37(4)25(20-26)11-12-28-30-14-13-29(23(3)42)38(30,5)18-16-31(28)37/h7-10,21-22,25-26,28-32,34,40H,6,11-20,39H2,1-5H3,(H,41,43)/t22?,25-,26+,28-,29+,30-,31-,32-,34-,37-,38+/m0/s1. The highest BCUT2D eigenvalue weighted by Gasteiger charge is 2.61. The SMILES string of the molecule is CCC(C)[C@H](NC(=O)[C@@H](N)Cc1c[nH]c2ccccc12)C(=O)O[C@@H]1CC[C@@]2(C)[C@@H](CC[C@@H]3[C@@H]2CC[C@]2(C)[C@@H](C(C)=O)CC[C@@H]32)C1. The van der Waals surface area contributed by atoms with Gasteiger partial charge in [0.05, 0.1) is 6.04 Å². The topological polar surface area (TPSA) is 114 Å². The van der Waals surface area contributed by atoms with Crippen molar-refractivity contribution in [1.29, 1.82) is 0 Å². The van der Waals surface area contributed by atoms with Crippen molar-refractivity contribution < 1.29 is 19.1 Å². The highest BCUT2D eigenvalue weighted by atomic mass is 16.5. The number of para-hydroxylation sites is 1. The van der Waals surface area contributed by atoms with E-state index in [4.69, 9.17) is 10.5 Å². The summed E-state index contributed by atoms with van der Waals surface area (Å²) in [7, 11) is 0. The third-order valence-corrected chi connectivity index (χ3v) is 13.6. The van der Waals surface area contributed by atoms with Crippen LogP contribution < -0.4 is 11.1 Å². The number of rotatable bonds is 9. The van der Waals surface area contributed by atoms with Crippen molar-refractivity contribution in [3.05, 3.63) is 36.0 Å². The lowest BCUT2D eigenvalue weighted by molar-refractivity contribution is -0.167. The van der Waals surface area contributed by atoms with Gasteiger partial charge in [-0.2, -0.15) is 0 Å². The van der Waals surface area contributed by atoms with E-state index in [-0.39, 0.29) is 40.6 Å². The van der Waals surface area contributed by atoms with Crippen LogP contribution in [0.1, 0.15) is 104 Å². The average Bonchev–Trinajstić information content (AvgIpc) is 3.60. The van der Waals surface area contributed by atoms with Crippen LogP contribution in [0.2, 0.25) is 0 Å². The van der Waals surface area contributed by atoms with Crippen molar-refractivity contribution in [3.63, 3.8) is 0 Å². The molecule has 6 rings (SSSR count). The summed E-state index contributed by atoms with van der Waals surface area (Å²) in [4.78, 5) is 42.7. The van der Waals surface area contributed by atoms with Gasteiger partial charge in [0.15, 0.2) is 0 Å². The molecule has 7 nitrogen and oxygen atoms in total. The summed E-state index contributed by atoms with van der Waals surface area (Å²) >= 11 is 0. The molecule has 4 saturated carbocycles. The maximum absolute atomic E-state index is 13.7. The molecule has 11 atom stereocenters. The van der Waals surface area contributed by atoms with E-state index in [1.807, 2.05) is 51.2 Å². The molecule has 4 N–H and O–H groups in total. The number of carbonyl (C=O) groups excluding carboxylic acids is 3. The van der Waals surface area contributed by atoms with E-state index in [0.29, 0.717) is 35.9 Å². The van der Waals surface area contributed by atoms with Crippen molar-refractivity contribution in [2.24, 2.45) is 52.1 Å². The summed E-state index contributed by atoms with van der Waals surface area (Å²) in [6.45, 7) is 10.8. The lowest BCUT2D eigenvalue weighted by Crippen LogP contribution is -2.55. The molecule has 4 aliphatic carbocycles. The van der Waals surface area contributed by atoms with E-state index < -0.39 is 12.1 Å². The summed E-state index contributed by atoms with van der Waals surface area (Å²) < 4.78 is 6.24. The van der Waals surface area contributed by atoms with Crippen LogP contribution in [0.25, 0.3) is 10.9 Å². The summed E-state index contributed by atoms with van der Waals surface area (Å²) in [6, 6.07) is 6.50. The summed E-state index contributed by atoms with van der Waals surface area (Å²) in [6.07, 6.45) is 12.9. The van der Waals surface area contributed by atoms with Gasteiger partial charge < -0.3 is 20.8 Å². The first-order valence-electron chi connectivity index (χ1n) is 17.8. The Morgan fingerprint density at radius 1 is 1.02 bits per heavy atom. The molecule has 45 heavy (non-hydrogen) atoms. The van der Waals surface area contributed by atoms with Gasteiger partial charge in [-0.05, 0) is 123 Å². The Balaban J connectivity index is 1.07. The average molecular weight is 618 g/mol. The first-order chi connectivity index (χ1) is 21.5. The number of nitrogens with one attached hydrogen (secondary N) is 2. The highest BCUT2D eigenvalue weighted by molar-refractivity contribution is 5.89. The minimum atomic E-state index is -0.767. The Morgan fingerprint density at radius 3 is 2.51 bits per heavy atom. The van der Waals surface area contributed by atoms with Crippen LogP contribution in [0.5, 0.6) is 0 Å². The Labute approximate surface area is 269 Å². The number of benzene rings is 1. The molecule has 0 radical (unpaired) electrons. The molecule has 0 spiro atoms. The van der Waals surface area contributed by atoms with Gasteiger partial charge in [0.25, 0.3) is 0 Å². The Hall–Kier alpha value is -2.67. The molecule has 246 valence electrons. The number of ketones is 1. The Bertz CT molecular complexity index is 1420. The van der Waals surface area contributed by atoms with E-state index in [1.54, 1.807) is 0 Å². The van der Waals surface area contributed by atoms with Gasteiger partial charge in [0.2, 0.25) is 5.91 Å². The molecule has 7 heteroatoms. The van der Waals surface area contributed by atoms with Gasteiger partial charge in [0.1, 0.15) is 17.9 Å². The first kappa shape index (κ1) is 32.3. The molecule has 1 amide bonds. The summed E-state index contributed by atoms with van der Waals surface area (Å²) in [5.41, 5.74) is 8.83. The second kappa shape index (κ2) is 12.5. The molecular formula is C38H55N3O4. The quantitative estimate of drug-likeness (QED) is 0.270. The molecule has 0 aliphatic heterocycles. The molecule has 1 heterocycles. The Kier molecular flexibility index (Phi) is 8.97. The normalized spacial score (nSPS) is 36.2. The van der Waals surface area contributed by atoms with E-state index in [9.17, 15) is 14.4 Å². The zero-order chi connectivity index (χ0) is 32.1. The number of esters is 1. The minimum Gasteiger partial charge on any atom is -0.461 e. The van der Waals surface area contributed by atoms with Gasteiger partial charge >= 0.3 is 5.97 Å². The molecular weight excluding hydrogens is 562 g/mol. The van der Waals surface area contributed by atoms with Gasteiger partial charge in [-0.1, -0.05) is 52.3 Å². The molecule has 1 aromatic heterocycles. The van der Waals surface area contributed by atoms with Gasteiger partial charge in [0, 0.05) is 23.0 Å². The number of fused-ring (bicyclic) bond motifs is 6. The predicted octanol–water partition coefficient (Wildman–Crippen LogP) is 6.73. The third kappa shape index (κ3) is 5.76. The second-order valence-corrected chi connectivity index (χ2v) is 15.8. The minimum absolute atomic E-state index is 0.0622. The highest BCUT2D eigenvalue weighted by Crippen LogP contribution is 2.67. The van der Waals surface area contributed by atoms with Crippen LogP contribution in [-0.2, 0) is 25.5 Å². The number of ether oxygens (including phenoxy) is 1. The smallest absolute Gasteiger partial charge is 0.329 e. The Morgan fingerprint density at radius 2 is 1.76 bits per heavy atom. The number of hydrogen-bond acceptors (Lipinski definition) is 5. The summed E-state index contributed by atoms with van der Waals surface area (Å²) in [5, 5.41) is 4.04. The zero-order valence-electron chi connectivity index (χ0n) is 28.1. The lowest BCUT2D eigenvalue weighted by atomic mass is 9.44. The number of amides is 1. The van der Waals surface area contributed by atoms with Crippen molar-refractivity contribution in [2.75, 3.05) is 0 Å². The van der Waals surface area contributed by atoms with Crippen molar-refractivity contribution in [2.45, 2.75) is 123 Å². The summed E-state index contributed by atoms with van der Waals surface area (Å²) in [5.74, 6) is 2.55. The number of H-pyrrole nitrogens is 1. The van der Waals surface area contributed by atoms with E-state index in [1.165, 1.54) is 32.1 Å². The predicted molar refractivity (Wildman–Crippen MR) is 177 cm³/mol. The van der Waals surface area contributed by atoms with E-state index in [0.717, 1.165) is 48.6 Å². The zero-order valence-corrected chi connectivity index (χ0v) is 28.1. The van der Waals surface area contributed by atoms with E-state index in [2.05, 4.69) is 24.1 Å². The molecule has 0 saturated heterocycles. The van der Waals surface area contributed by atoms with Crippen molar-refractivity contribution in [1.82, 2.24) is 10.3 Å². The number of carbonyl (C=O) groups is 3. The fourth-order valence-electron chi connectivity index (χ4n) is 10.8. The molecule has 2 aromatic rings. The second-order valence-electron chi connectivity index (χ2n) is 15.8. The fraction of sp³-hybridized carbons (Fsp3) is 0.711. The van der Waals surface area contributed by atoms with Crippen LogP contribution >= 0.6 is 0 Å². The van der Waals surface area contributed by atoms with Crippen LogP contribution in [0.3, 0.4) is 0 Å². The van der Waals surface area contributed by atoms with Crippen LogP contribution in [-0.4, -0.2) is 40.8 Å². The lowest BCUT2D eigenvalue weighted by Gasteiger charge is -2.61. The van der Waals surface area contributed by atoms with Crippen molar-refractivity contribution in [3.8, 4) is 0 Å². The number of aromatic nitrogens is 1. The van der Waals surface area contributed by atoms with Crippen LogP contribution in [0.15, 0.2) is 30.5 Å². The maximum Gasteiger partial charge on any atom is 0.329 e. The van der Waals surface area contributed by atoms with Gasteiger partial charge in [-0.25, -0.2) is 4.79 Å².